The molecule has 0 saturated heterocycles. The summed E-state index contributed by atoms with van der Waals surface area (Å²) in [5.74, 6) is 0.931. The monoisotopic (exact) mass is 211 g/mol. The van der Waals surface area contributed by atoms with Crippen molar-refractivity contribution < 1.29 is 4.74 Å². The first-order valence-electron chi connectivity index (χ1n) is 6.73. The van der Waals surface area contributed by atoms with Crippen LogP contribution in [0.25, 0.3) is 0 Å². The average Bonchev–Trinajstić information content (AvgIpc) is 3.09. The lowest BCUT2D eigenvalue weighted by molar-refractivity contribution is 0.0141. The summed E-state index contributed by atoms with van der Waals surface area (Å²) in [6, 6.07) is 0.823. The van der Waals surface area contributed by atoms with E-state index in [0.29, 0.717) is 6.10 Å². The van der Waals surface area contributed by atoms with Crippen molar-refractivity contribution in [2.24, 2.45) is 5.92 Å². The Hall–Kier alpha value is -0.0800. The number of rotatable bonds is 6. The molecule has 0 aromatic rings. The number of nitrogens with one attached hydrogen (secondary N) is 1. The largest absolute Gasteiger partial charge is 0.377 e. The first kappa shape index (κ1) is 11.4. The van der Waals surface area contributed by atoms with Crippen molar-refractivity contribution in [3.63, 3.8) is 0 Å². The van der Waals surface area contributed by atoms with Crippen LogP contribution >= 0.6 is 0 Å². The Morgan fingerprint density at radius 2 is 2.07 bits per heavy atom. The van der Waals surface area contributed by atoms with Crippen molar-refractivity contribution in [3.05, 3.63) is 0 Å². The summed E-state index contributed by atoms with van der Waals surface area (Å²) in [5.41, 5.74) is 0. The van der Waals surface area contributed by atoms with Gasteiger partial charge in [-0.3, -0.25) is 0 Å². The Morgan fingerprint density at radius 3 is 2.80 bits per heavy atom. The Morgan fingerprint density at radius 1 is 1.20 bits per heavy atom. The summed E-state index contributed by atoms with van der Waals surface area (Å²) < 4.78 is 5.93. The van der Waals surface area contributed by atoms with Gasteiger partial charge in [-0.05, 0) is 31.6 Å². The topological polar surface area (TPSA) is 21.3 Å². The van der Waals surface area contributed by atoms with Crippen LogP contribution < -0.4 is 5.32 Å². The van der Waals surface area contributed by atoms with E-state index in [1.165, 1.54) is 44.9 Å². The molecule has 0 spiro atoms. The van der Waals surface area contributed by atoms with Gasteiger partial charge in [-0.2, -0.15) is 0 Å². The van der Waals surface area contributed by atoms with E-state index in [0.717, 1.165) is 25.1 Å². The van der Waals surface area contributed by atoms with Crippen LogP contribution in [0.1, 0.15) is 51.9 Å². The lowest BCUT2D eigenvalue weighted by Crippen LogP contribution is -2.27. The van der Waals surface area contributed by atoms with Gasteiger partial charge in [-0.25, -0.2) is 0 Å². The summed E-state index contributed by atoms with van der Waals surface area (Å²) in [6.07, 6.45) is 10.0. The van der Waals surface area contributed by atoms with E-state index in [-0.39, 0.29) is 0 Å². The molecular formula is C13H25NO. The van der Waals surface area contributed by atoms with Crippen LogP contribution in [-0.2, 0) is 4.74 Å². The molecule has 0 aromatic carbocycles. The number of hydrogen-bond acceptors (Lipinski definition) is 2. The highest BCUT2D eigenvalue weighted by molar-refractivity contribution is 4.80. The van der Waals surface area contributed by atoms with Gasteiger partial charge < -0.3 is 10.1 Å². The number of hydrogen-bond donors (Lipinski definition) is 1. The molecule has 0 aliphatic heterocycles. The van der Waals surface area contributed by atoms with Gasteiger partial charge in [0.05, 0.1) is 12.7 Å². The van der Waals surface area contributed by atoms with E-state index < -0.39 is 0 Å². The SMILES string of the molecule is CCC1CCCC(OCCNC2CC2)C1. The lowest BCUT2D eigenvalue weighted by atomic mass is 9.85. The predicted molar refractivity (Wildman–Crippen MR) is 63.0 cm³/mol. The van der Waals surface area contributed by atoms with Crippen molar-refractivity contribution in [1.82, 2.24) is 5.32 Å². The van der Waals surface area contributed by atoms with Crippen molar-refractivity contribution in [2.75, 3.05) is 13.2 Å². The van der Waals surface area contributed by atoms with Gasteiger partial charge in [0.25, 0.3) is 0 Å². The summed E-state index contributed by atoms with van der Waals surface area (Å²) in [6.45, 7) is 4.28. The summed E-state index contributed by atoms with van der Waals surface area (Å²) in [4.78, 5) is 0. The quantitative estimate of drug-likeness (QED) is 0.682. The van der Waals surface area contributed by atoms with Crippen LogP contribution in [0.2, 0.25) is 0 Å². The molecular weight excluding hydrogens is 186 g/mol. The van der Waals surface area contributed by atoms with Crippen molar-refractivity contribution in [1.29, 1.82) is 0 Å². The fraction of sp³-hybridized carbons (Fsp3) is 1.00. The molecule has 0 radical (unpaired) electrons. The van der Waals surface area contributed by atoms with Crippen molar-refractivity contribution >= 4 is 0 Å². The minimum atomic E-state index is 0.560. The fourth-order valence-corrected chi connectivity index (χ4v) is 2.54. The van der Waals surface area contributed by atoms with E-state index in [4.69, 9.17) is 4.74 Å². The maximum atomic E-state index is 5.93. The molecule has 2 rings (SSSR count). The molecule has 0 amide bonds. The molecule has 0 heterocycles. The predicted octanol–water partition coefficient (Wildman–Crippen LogP) is 2.72. The van der Waals surface area contributed by atoms with Crippen LogP contribution in [0.5, 0.6) is 0 Å². The molecule has 15 heavy (non-hydrogen) atoms. The minimum Gasteiger partial charge on any atom is -0.377 e. The van der Waals surface area contributed by atoms with E-state index in [9.17, 15) is 0 Å². The zero-order valence-corrected chi connectivity index (χ0v) is 10.0. The molecule has 2 atom stereocenters. The summed E-state index contributed by atoms with van der Waals surface area (Å²) in [7, 11) is 0. The van der Waals surface area contributed by atoms with Crippen LogP contribution in [-0.4, -0.2) is 25.3 Å². The molecule has 2 nitrogen and oxygen atoms in total. The second kappa shape index (κ2) is 5.86. The molecule has 88 valence electrons. The van der Waals surface area contributed by atoms with Gasteiger partial charge in [0.2, 0.25) is 0 Å². The molecule has 0 aromatic heterocycles. The summed E-state index contributed by atoms with van der Waals surface area (Å²) >= 11 is 0. The van der Waals surface area contributed by atoms with E-state index in [1.807, 2.05) is 0 Å². The molecule has 2 heteroatoms. The van der Waals surface area contributed by atoms with Gasteiger partial charge in [0.1, 0.15) is 0 Å². The molecule has 0 bridgehead atoms. The van der Waals surface area contributed by atoms with E-state index >= 15 is 0 Å². The Balaban J connectivity index is 1.52. The normalized spacial score (nSPS) is 31.8. The van der Waals surface area contributed by atoms with Crippen molar-refractivity contribution in [2.45, 2.75) is 64.0 Å². The first-order valence-corrected chi connectivity index (χ1v) is 6.73. The highest BCUT2D eigenvalue weighted by atomic mass is 16.5. The second-order valence-electron chi connectivity index (χ2n) is 5.16. The lowest BCUT2D eigenvalue weighted by Gasteiger charge is -2.28. The third-order valence-corrected chi connectivity index (χ3v) is 3.78. The van der Waals surface area contributed by atoms with Gasteiger partial charge in [0.15, 0.2) is 0 Å². The zero-order chi connectivity index (χ0) is 10.5. The number of ether oxygens (including phenoxy) is 1. The molecule has 2 unspecified atom stereocenters. The van der Waals surface area contributed by atoms with Gasteiger partial charge >= 0.3 is 0 Å². The van der Waals surface area contributed by atoms with Gasteiger partial charge in [-0.1, -0.05) is 26.2 Å². The van der Waals surface area contributed by atoms with Crippen molar-refractivity contribution in [3.8, 4) is 0 Å². The third-order valence-electron chi connectivity index (χ3n) is 3.78. The maximum absolute atomic E-state index is 5.93. The average molecular weight is 211 g/mol. The second-order valence-corrected chi connectivity index (χ2v) is 5.16. The molecule has 1 N–H and O–H groups in total. The first-order chi connectivity index (χ1) is 7.38. The molecule has 2 aliphatic carbocycles. The highest BCUT2D eigenvalue weighted by Crippen LogP contribution is 2.28. The minimum absolute atomic E-state index is 0.560. The highest BCUT2D eigenvalue weighted by Gasteiger charge is 2.22. The molecule has 2 saturated carbocycles. The van der Waals surface area contributed by atoms with Crippen LogP contribution in [0, 0.1) is 5.92 Å². The Kier molecular flexibility index (Phi) is 4.45. The zero-order valence-electron chi connectivity index (χ0n) is 10.0. The van der Waals surface area contributed by atoms with Crippen LogP contribution in [0.3, 0.4) is 0 Å². The van der Waals surface area contributed by atoms with Gasteiger partial charge in [-0.15, -0.1) is 0 Å². The Labute approximate surface area is 93.8 Å². The van der Waals surface area contributed by atoms with Crippen LogP contribution in [0.15, 0.2) is 0 Å². The van der Waals surface area contributed by atoms with E-state index in [2.05, 4.69) is 12.2 Å². The Bertz CT molecular complexity index is 179. The smallest absolute Gasteiger partial charge is 0.0594 e. The molecule has 2 fully saturated rings. The maximum Gasteiger partial charge on any atom is 0.0594 e. The summed E-state index contributed by atoms with van der Waals surface area (Å²) in [5, 5.41) is 3.50. The fourth-order valence-electron chi connectivity index (χ4n) is 2.54. The van der Waals surface area contributed by atoms with Gasteiger partial charge in [0, 0.05) is 12.6 Å². The van der Waals surface area contributed by atoms with E-state index in [1.54, 1.807) is 0 Å². The molecule has 2 aliphatic rings. The van der Waals surface area contributed by atoms with Crippen LogP contribution in [0.4, 0.5) is 0 Å². The standard InChI is InChI=1S/C13H25NO/c1-2-11-4-3-5-13(10-11)15-9-8-14-12-6-7-12/h11-14H,2-10H2,1H3. The third kappa shape index (κ3) is 4.12.